The molecule has 0 aromatic rings. The predicted octanol–water partition coefficient (Wildman–Crippen LogP) is 2.99. The standard InChI is InChI=1S/C9H11F/c1-7-4-3-5-9(10)8(2)6-7/h3-6,8H,1-2H3. The average Bonchev–Trinajstić information content (AvgIpc) is 1.96. The van der Waals surface area contributed by atoms with E-state index in [1.165, 1.54) is 6.08 Å². The molecule has 0 heterocycles. The first kappa shape index (κ1) is 7.26. The van der Waals surface area contributed by atoms with Crippen LogP contribution in [0.2, 0.25) is 0 Å². The van der Waals surface area contributed by atoms with Crippen LogP contribution >= 0.6 is 0 Å². The van der Waals surface area contributed by atoms with Crippen molar-refractivity contribution < 1.29 is 4.39 Å². The van der Waals surface area contributed by atoms with Gasteiger partial charge in [0.25, 0.3) is 0 Å². The topological polar surface area (TPSA) is 0 Å². The minimum atomic E-state index is -0.0619. The van der Waals surface area contributed by atoms with Crippen molar-refractivity contribution in [1.82, 2.24) is 0 Å². The van der Waals surface area contributed by atoms with Gasteiger partial charge in [-0.15, -0.1) is 0 Å². The highest BCUT2D eigenvalue weighted by Crippen LogP contribution is 2.18. The number of halogens is 1. The van der Waals surface area contributed by atoms with Crippen molar-refractivity contribution in [2.45, 2.75) is 13.8 Å². The summed E-state index contributed by atoms with van der Waals surface area (Å²) < 4.78 is 12.8. The second kappa shape index (κ2) is 2.82. The molecule has 0 fully saturated rings. The molecule has 0 radical (unpaired) electrons. The zero-order valence-electron chi connectivity index (χ0n) is 6.26. The predicted molar refractivity (Wildman–Crippen MR) is 41.3 cm³/mol. The number of hydrogen-bond acceptors (Lipinski definition) is 0. The Balaban J connectivity index is 2.88. The summed E-state index contributed by atoms with van der Waals surface area (Å²) in [5, 5.41) is 0. The van der Waals surface area contributed by atoms with Crippen molar-refractivity contribution in [3.8, 4) is 0 Å². The fourth-order valence-electron chi connectivity index (χ4n) is 0.973. The quantitative estimate of drug-likeness (QED) is 0.482. The molecule has 0 spiro atoms. The minimum absolute atomic E-state index is 0.0602. The molecule has 1 atom stereocenters. The SMILES string of the molecule is CC1=CC(C)C(F)=CC=C1. The first-order valence-electron chi connectivity index (χ1n) is 3.42. The molecular weight excluding hydrogens is 127 g/mol. The van der Waals surface area contributed by atoms with E-state index in [1.54, 1.807) is 6.08 Å². The molecule has 0 nitrogen and oxygen atoms in total. The minimum Gasteiger partial charge on any atom is -0.211 e. The molecule has 54 valence electrons. The van der Waals surface area contributed by atoms with Gasteiger partial charge in [0.2, 0.25) is 0 Å². The van der Waals surface area contributed by atoms with Gasteiger partial charge in [-0.25, -0.2) is 4.39 Å². The van der Waals surface area contributed by atoms with Crippen LogP contribution in [-0.4, -0.2) is 0 Å². The van der Waals surface area contributed by atoms with E-state index in [9.17, 15) is 4.39 Å². The third kappa shape index (κ3) is 1.56. The Morgan fingerprint density at radius 2 is 2.20 bits per heavy atom. The summed E-state index contributed by atoms with van der Waals surface area (Å²) in [7, 11) is 0. The molecule has 0 bridgehead atoms. The van der Waals surface area contributed by atoms with Gasteiger partial charge in [-0.05, 0) is 13.0 Å². The lowest BCUT2D eigenvalue weighted by atomic mass is 10.1. The lowest BCUT2D eigenvalue weighted by Crippen LogP contribution is -1.88. The normalized spacial score (nSPS) is 25.3. The molecule has 1 unspecified atom stereocenters. The van der Waals surface area contributed by atoms with Crippen molar-refractivity contribution >= 4 is 0 Å². The zero-order valence-corrected chi connectivity index (χ0v) is 6.26. The van der Waals surface area contributed by atoms with E-state index < -0.39 is 0 Å². The Kier molecular flexibility index (Phi) is 2.05. The van der Waals surface area contributed by atoms with Crippen LogP contribution in [0.15, 0.2) is 35.7 Å². The summed E-state index contributed by atoms with van der Waals surface area (Å²) in [6.07, 6.45) is 7.07. The van der Waals surface area contributed by atoms with Crippen LogP contribution in [0, 0.1) is 5.92 Å². The lowest BCUT2D eigenvalue weighted by molar-refractivity contribution is 0.549. The van der Waals surface area contributed by atoms with E-state index in [0.717, 1.165) is 5.57 Å². The van der Waals surface area contributed by atoms with Crippen molar-refractivity contribution in [3.63, 3.8) is 0 Å². The van der Waals surface area contributed by atoms with Crippen molar-refractivity contribution in [2.24, 2.45) is 5.92 Å². The van der Waals surface area contributed by atoms with E-state index in [4.69, 9.17) is 0 Å². The highest BCUT2D eigenvalue weighted by molar-refractivity contribution is 5.28. The van der Waals surface area contributed by atoms with Gasteiger partial charge in [-0.3, -0.25) is 0 Å². The van der Waals surface area contributed by atoms with Crippen molar-refractivity contribution in [2.75, 3.05) is 0 Å². The van der Waals surface area contributed by atoms with E-state index in [0.29, 0.717) is 0 Å². The highest BCUT2D eigenvalue weighted by atomic mass is 19.1. The van der Waals surface area contributed by atoms with Crippen LogP contribution in [0.1, 0.15) is 13.8 Å². The number of rotatable bonds is 0. The molecule has 0 saturated carbocycles. The van der Waals surface area contributed by atoms with Gasteiger partial charge in [0.05, 0.1) is 0 Å². The molecule has 0 aromatic heterocycles. The molecule has 1 rings (SSSR count). The smallest absolute Gasteiger partial charge is 0.106 e. The van der Waals surface area contributed by atoms with Gasteiger partial charge < -0.3 is 0 Å². The Morgan fingerprint density at radius 3 is 2.90 bits per heavy atom. The maximum Gasteiger partial charge on any atom is 0.106 e. The maximum atomic E-state index is 12.8. The van der Waals surface area contributed by atoms with Crippen LogP contribution in [-0.2, 0) is 0 Å². The van der Waals surface area contributed by atoms with Crippen LogP contribution in [0.25, 0.3) is 0 Å². The number of allylic oxidation sites excluding steroid dienone is 6. The molecule has 0 saturated heterocycles. The van der Waals surface area contributed by atoms with Crippen LogP contribution in [0.3, 0.4) is 0 Å². The second-order valence-corrected chi connectivity index (χ2v) is 2.61. The van der Waals surface area contributed by atoms with Gasteiger partial charge in [-0.1, -0.05) is 30.7 Å². The van der Waals surface area contributed by atoms with E-state index in [-0.39, 0.29) is 11.7 Å². The lowest BCUT2D eigenvalue weighted by Gasteiger charge is -2.00. The van der Waals surface area contributed by atoms with Gasteiger partial charge in [0.15, 0.2) is 0 Å². The molecule has 1 aliphatic rings. The molecule has 0 amide bonds. The van der Waals surface area contributed by atoms with Crippen LogP contribution < -0.4 is 0 Å². The van der Waals surface area contributed by atoms with Crippen molar-refractivity contribution in [1.29, 1.82) is 0 Å². The summed E-state index contributed by atoms with van der Waals surface area (Å²) in [5.41, 5.74) is 1.12. The zero-order chi connectivity index (χ0) is 7.56. The van der Waals surface area contributed by atoms with E-state index in [1.807, 2.05) is 26.0 Å². The molecule has 0 aromatic carbocycles. The molecular formula is C9H11F. The molecule has 0 aliphatic heterocycles. The first-order chi connectivity index (χ1) is 4.70. The monoisotopic (exact) mass is 138 g/mol. The van der Waals surface area contributed by atoms with Gasteiger partial charge in [0.1, 0.15) is 5.83 Å². The molecule has 0 N–H and O–H groups in total. The second-order valence-electron chi connectivity index (χ2n) is 2.61. The fraction of sp³-hybridized carbons (Fsp3) is 0.333. The first-order valence-corrected chi connectivity index (χ1v) is 3.42. The Hall–Kier alpha value is -0.850. The Labute approximate surface area is 60.7 Å². The van der Waals surface area contributed by atoms with Crippen LogP contribution in [0.4, 0.5) is 4.39 Å². The van der Waals surface area contributed by atoms with E-state index in [2.05, 4.69) is 0 Å². The highest BCUT2D eigenvalue weighted by Gasteiger charge is 2.05. The van der Waals surface area contributed by atoms with E-state index >= 15 is 0 Å². The summed E-state index contributed by atoms with van der Waals surface area (Å²) in [6.45, 7) is 3.82. The Bertz CT molecular complexity index is 209. The fourth-order valence-corrected chi connectivity index (χ4v) is 0.973. The third-order valence-corrected chi connectivity index (χ3v) is 1.56. The summed E-state index contributed by atoms with van der Waals surface area (Å²) in [5.74, 6) is -0.122. The van der Waals surface area contributed by atoms with Gasteiger partial charge in [0, 0.05) is 5.92 Å². The number of hydrogen-bond donors (Lipinski definition) is 0. The Morgan fingerprint density at radius 1 is 1.50 bits per heavy atom. The summed E-state index contributed by atoms with van der Waals surface area (Å²) in [4.78, 5) is 0. The molecule has 10 heavy (non-hydrogen) atoms. The van der Waals surface area contributed by atoms with Crippen LogP contribution in [0.5, 0.6) is 0 Å². The summed E-state index contributed by atoms with van der Waals surface area (Å²) >= 11 is 0. The average molecular weight is 138 g/mol. The largest absolute Gasteiger partial charge is 0.211 e. The van der Waals surface area contributed by atoms with Gasteiger partial charge >= 0.3 is 0 Å². The van der Waals surface area contributed by atoms with Crippen molar-refractivity contribution in [3.05, 3.63) is 35.7 Å². The molecule has 1 aliphatic carbocycles. The summed E-state index contributed by atoms with van der Waals surface area (Å²) in [6, 6.07) is 0. The molecule has 1 heteroatoms. The maximum absolute atomic E-state index is 12.8. The van der Waals surface area contributed by atoms with Gasteiger partial charge in [-0.2, -0.15) is 0 Å². The third-order valence-electron chi connectivity index (χ3n) is 1.56.